The van der Waals surface area contributed by atoms with Gasteiger partial charge >= 0.3 is 0 Å². The summed E-state index contributed by atoms with van der Waals surface area (Å²) in [6.45, 7) is 2.54. The summed E-state index contributed by atoms with van der Waals surface area (Å²) < 4.78 is 6.21. The van der Waals surface area contributed by atoms with Gasteiger partial charge in [-0.2, -0.15) is 0 Å². The first-order valence-corrected chi connectivity index (χ1v) is 6.45. The van der Waals surface area contributed by atoms with Gasteiger partial charge in [0.05, 0.1) is 18.1 Å². The molecule has 5 heteroatoms. The maximum Gasteiger partial charge on any atom is 0.183 e. The smallest absolute Gasteiger partial charge is 0.183 e. The molecule has 15 heavy (non-hydrogen) atoms. The van der Waals surface area contributed by atoms with Crippen LogP contribution in [0, 0.1) is 0 Å². The van der Waals surface area contributed by atoms with Crippen LogP contribution in [0.4, 0.5) is 0 Å². The minimum atomic E-state index is 0.530. The molecule has 1 aromatic heterocycles. The number of rotatable bonds is 4. The van der Waals surface area contributed by atoms with E-state index in [0.29, 0.717) is 17.1 Å². The van der Waals surface area contributed by atoms with Crippen LogP contribution in [0.25, 0.3) is 0 Å². The lowest BCUT2D eigenvalue weighted by molar-refractivity contribution is 0.0927. The van der Waals surface area contributed by atoms with E-state index in [1.807, 2.05) is 0 Å². The van der Waals surface area contributed by atoms with E-state index < -0.39 is 0 Å². The minimum absolute atomic E-state index is 0.530. The number of nitrogens with zero attached hydrogens (tertiary/aromatic N) is 1. The fourth-order valence-electron chi connectivity index (χ4n) is 1.72. The number of hydrogen-bond donors (Lipinski definition) is 1. The second kappa shape index (κ2) is 5.80. The zero-order chi connectivity index (χ0) is 10.5. The number of halogens is 1. The highest BCUT2D eigenvalue weighted by atomic mass is 35.5. The number of hydrogen-bond acceptors (Lipinski definition) is 4. The van der Waals surface area contributed by atoms with Crippen LogP contribution in [-0.4, -0.2) is 24.2 Å². The largest absolute Gasteiger partial charge is 0.374 e. The third-order valence-corrected chi connectivity index (χ3v) is 3.59. The van der Waals surface area contributed by atoms with Gasteiger partial charge in [0, 0.05) is 12.2 Å². The van der Waals surface area contributed by atoms with Crippen LogP contribution < -0.4 is 5.32 Å². The van der Waals surface area contributed by atoms with E-state index >= 15 is 0 Å². The van der Waals surface area contributed by atoms with Crippen LogP contribution in [0.1, 0.15) is 24.1 Å². The van der Waals surface area contributed by atoms with Crippen molar-refractivity contribution >= 4 is 22.9 Å². The van der Waals surface area contributed by atoms with Crippen molar-refractivity contribution in [2.75, 3.05) is 13.2 Å². The van der Waals surface area contributed by atoms with E-state index in [4.69, 9.17) is 16.3 Å². The fraction of sp³-hybridized carbons (Fsp3) is 0.700. The molecule has 0 aliphatic carbocycles. The first-order valence-electron chi connectivity index (χ1n) is 5.26. The van der Waals surface area contributed by atoms with E-state index in [-0.39, 0.29) is 0 Å². The molecule has 0 amide bonds. The molecular weight excluding hydrogens is 232 g/mol. The molecule has 1 aliphatic heterocycles. The molecule has 0 aromatic carbocycles. The zero-order valence-electron chi connectivity index (χ0n) is 8.54. The van der Waals surface area contributed by atoms with E-state index in [1.54, 1.807) is 6.20 Å². The van der Waals surface area contributed by atoms with Crippen LogP contribution in [0.2, 0.25) is 4.47 Å². The van der Waals surface area contributed by atoms with E-state index in [0.717, 1.165) is 18.0 Å². The van der Waals surface area contributed by atoms with Crippen LogP contribution in [0.3, 0.4) is 0 Å². The predicted molar refractivity (Wildman–Crippen MR) is 62.4 cm³/mol. The Morgan fingerprint density at radius 1 is 1.60 bits per heavy atom. The summed E-state index contributed by atoms with van der Waals surface area (Å²) in [7, 11) is 0. The second-order valence-corrected chi connectivity index (χ2v) is 5.44. The quantitative estimate of drug-likeness (QED) is 0.886. The molecule has 0 radical (unpaired) electrons. The molecule has 2 rings (SSSR count). The summed E-state index contributed by atoms with van der Waals surface area (Å²) in [4.78, 5) is 5.06. The average molecular weight is 247 g/mol. The Bertz CT molecular complexity index is 299. The zero-order valence-corrected chi connectivity index (χ0v) is 10.1. The molecule has 0 unspecified atom stereocenters. The molecule has 3 nitrogen and oxygen atoms in total. The second-order valence-electron chi connectivity index (χ2n) is 3.74. The molecule has 1 aliphatic rings. The van der Waals surface area contributed by atoms with Crippen LogP contribution in [0.5, 0.6) is 0 Å². The molecule has 0 saturated carbocycles. The van der Waals surface area contributed by atoms with Gasteiger partial charge in [0.2, 0.25) is 0 Å². The van der Waals surface area contributed by atoms with Gasteiger partial charge in [-0.3, -0.25) is 0 Å². The van der Waals surface area contributed by atoms with Gasteiger partial charge < -0.3 is 10.1 Å². The Hall–Kier alpha value is -0.160. The summed E-state index contributed by atoms with van der Waals surface area (Å²) in [6.07, 6.45) is 5.61. The maximum absolute atomic E-state index is 5.73. The van der Waals surface area contributed by atoms with E-state index in [2.05, 4.69) is 10.3 Å². The van der Waals surface area contributed by atoms with Crippen molar-refractivity contribution in [3.05, 3.63) is 15.5 Å². The molecular formula is C10H15ClN2OS. The third kappa shape index (κ3) is 3.72. The maximum atomic E-state index is 5.73. The lowest BCUT2D eigenvalue weighted by Gasteiger charge is -2.22. The first kappa shape index (κ1) is 11.3. The predicted octanol–water partition coefficient (Wildman–Crippen LogP) is 2.46. The monoisotopic (exact) mass is 246 g/mol. The topological polar surface area (TPSA) is 34.1 Å². The van der Waals surface area contributed by atoms with Gasteiger partial charge in [0.1, 0.15) is 0 Å². The van der Waals surface area contributed by atoms with Crippen molar-refractivity contribution in [1.82, 2.24) is 10.3 Å². The molecule has 1 saturated heterocycles. The number of ether oxygens (including phenoxy) is 1. The standard InChI is InChI=1S/C10H15ClN2OS/c11-10-13-5-9(15-10)7-14-6-8-3-1-2-4-12-8/h5,8,12H,1-4,6-7H2/t8-/m0/s1. The number of thiazole rings is 1. The lowest BCUT2D eigenvalue weighted by Crippen LogP contribution is -2.37. The van der Waals surface area contributed by atoms with Gasteiger partial charge in [0.25, 0.3) is 0 Å². The van der Waals surface area contributed by atoms with Crippen LogP contribution >= 0.6 is 22.9 Å². The molecule has 1 N–H and O–H groups in total. The summed E-state index contributed by atoms with van der Waals surface area (Å²) in [5, 5.41) is 3.45. The summed E-state index contributed by atoms with van der Waals surface area (Å²) >= 11 is 7.21. The van der Waals surface area contributed by atoms with Gasteiger partial charge in [-0.05, 0) is 19.4 Å². The van der Waals surface area contributed by atoms with Crippen molar-refractivity contribution in [1.29, 1.82) is 0 Å². The summed E-state index contributed by atoms with van der Waals surface area (Å²) in [5.41, 5.74) is 0. The highest BCUT2D eigenvalue weighted by molar-refractivity contribution is 7.15. The van der Waals surface area contributed by atoms with Crippen molar-refractivity contribution in [2.45, 2.75) is 31.9 Å². The summed E-state index contributed by atoms with van der Waals surface area (Å²) in [6, 6.07) is 0.530. The molecule has 1 aromatic rings. The average Bonchev–Trinajstić information content (AvgIpc) is 2.66. The first-order chi connectivity index (χ1) is 7.34. The SMILES string of the molecule is Clc1ncc(COC[C@@H]2CCCCN2)s1. The number of aromatic nitrogens is 1. The van der Waals surface area contributed by atoms with Gasteiger partial charge in [-0.15, -0.1) is 11.3 Å². The number of nitrogens with one attached hydrogen (secondary N) is 1. The lowest BCUT2D eigenvalue weighted by atomic mass is 10.1. The van der Waals surface area contributed by atoms with Crippen molar-refractivity contribution < 1.29 is 4.74 Å². The van der Waals surface area contributed by atoms with E-state index in [9.17, 15) is 0 Å². The molecule has 1 fully saturated rings. The highest BCUT2D eigenvalue weighted by Crippen LogP contribution is 2.18. The van der Waals surface area contributed by atoms with Gasteiger partial charge in [-0.1, -0.05) is 18.0 Å². The third-order valence-electron chi connectivity index (χ3n) is 2.50. The Balaban J connectivity index is 1.65. The Labute approximate surface area is 98.8 Å². The van der Waals surface area contributed by atoms with Gasteiger partial charge in [0.15, 0.2) is 4.47 Å². The summed E-state index contributed by atoms with van der Waals surface area (Å²) in [5.74, 6) is 0. The molecule has 0 bridgehead atoms. The molecule has 0 spiro atoms. The normalized spacial score (nSPS) is 21.8. The molecule has 84 valence electrons. The number of piperidine rings is 1. The van der Waals surface area contributed by atoms with Crippen molar-refractivity contribution in [3.8, 4) is 0 Å². The Morgan fingerprint density at radius 2 is 2.53 bits per heavy atom. The molecule has 1 atom stereocenters. The van der Waals surface area contributed by atoms with Gasteiger partial charge in [-0.25, -0.2) is 4.98 Å². The van der Waals surface area contributed by atoms with Crippen molar-refractivity contribution in [2.24, 2.45) is 0 Å². The van der Waals surface area contributed by atoms with Crippen LogP contribution in [0.15, 0.2) is 6.20 Å². The highest BCUT2D eigenvalue weighted by Gasteiger charge is 2.12. The molecule has 2 heterocycles. The van der Waals surface area contributed by atoms with Crippen LogP contribution in [-0.2, 0) is 11.3 Å². The Kier molecular flexibility index (Phi) is 4.38. The van der Waals surface area contributed by atoms with E-state index in [1.165, 1.54) is 30.6 Å². The fourth-order valence-corrected chi connectivity index (χ4v) is 2.63. The minimum Gasteiger partial charge on any atom is -0.374 e. The van der Waals surface area contributed by atoms with Crippen molar-refractivity contribution in [3.63, 3.8) is 0 Å². The Morgan fingerprint density at radius 3 is 3.20 bits per heavy atom.